The molecule has 1 aromatic carbocycles. The predicted octanol–water partition coefficient (Wildman–Crippen LogP) is 3.57. The van der Waals surface area contributed by atoms with Gasteiger partial charge in [-0.05, 0) is 49.5 Å². The monoisotopic (exact) mass is 377 g/mol. The fourth-order valence-corrected chi connectivity index (χ4v) is 5.95. The SMILES string of the molecule is CC1(C)[C@@H]2C[C@H]3OB([C@@H](N)CC4COc5ccccc54)O[C@@]3(C)[C@H]1C2.Cl. The Morgan fingerprint density at radius 2 is 2.00 bits per heavy atom. The molecular weight excluding hydrogens is 348 g/mol. The van der Waals surface area contributed by atoms with Crippen LogP contribution in [0.25, 0.3) is 0 Å². The highest BCUT2D eigenvalue weighted by atomic mass is 35.5. The molecule has 2 aliphatic heterocycles. The summed E-state index contributed by atoms with van der Waals surface area (Å²) < 4.78 is 18.6. The molecule has 0 radical (unpaired) electrons. The van der Waals surface area contributed by atoms with E-state index in [0.29, 0.717) is 23.9 Å². The van der Waals surface area contributed by atoms with Crippen molar-refractivity contribution in [2.75, 3.05) is 6.61 Å². The van der Waals surface area contributed by atoms with Crippen LogP contribution in [0.1, 0.15) is 51.5 Å². The number of halogens is 1. The first kappa shape index (κ1) is 18.6. The molecule has 0 spiro atoms. The van der Waals surface area contributed by atoms with Crippen molar-refractivity contribution in [3.63, 3.8) is 0 Å². The Hall–Kier alpha value is -0.745. The standard InChI is InChI=1S/C20H28BNO3.ClH/c1-19(2)13-9-16(19)20(3)17(10-13)24-21(25-20)18(22)8-12-11-23-15-7-5-4-6-14(12)15;/h4-7,12-13,16-18H,8-11,22H2,1-3H3;1H/t12?,13-,16-,17+,18-,20-;/m0./s1. The van der Waals surface area contributed by atoms with Crippen LogP contribution in [-0.2, 0) is 9.31 Å². The van der Waals surface area contributed by atoms with Crippen molar-refractivity contribution in [1.82, 2.24) is 0 Å². The Kier molecular flexibility index (Phi) is 4.39. The van der Waals surface area contributed by atoms with E-state index >= 15 is 0 Å². The number of ether oxygens (including phenoxy) is 1. The van der Waals surface area contributed by atoms with Crippen LogP contribution in [0.2, 0.25) is 0 Å². The second-order valence-corrected chi connectivity index (χ2v) is 9.28. The third-order valence-corrected chi connectivity index (χ3v) is 7.67. The van der Waals surface area contributed by atoms with Crippen molar-refractivity contribution in [3.05, 3.63) is 29.8 Å². The van der Waals surface area contributed by atoms with Gasteiger partial charge in [-0.15, -0.1) is 12.4 Å². The van der Waals surface area contributed by atoms with Crippen LogP contribution in [0, 0.1) is 17.3 Å². The van der Waals surface area contributed by atoms with E-state index in [4.69, 9.17) is 19.8 Å². The number of hydrogen-bond acceptors (Lipinski definition) is 4. The van der Waals surface area contributed by atoms with Crippen LogP contribution in [0.5, 0.6) is 5.75 Å². The van der Waals surface area contributed by atoms with Crippen molar-refractivity contribution in [3.8, 4) is 5.75 Å². The summed E-state index contributed by atoms with van der Waals surface area (Å²) in [6, 6.07) is 8.27. The molecule has 0 aromatic heterocycles. The maximum atomic E-state index is 6.55. The van der Waals surface area contributed by atoms with Gasteiger partial charge in [-0.25, -0.2) is 0 Å². The molecule has 1 aromatic rings. The average Bonchev–Trinajstić information content (AvgIpc) is 3.15. The van der Waals surface area contributed by atoms with E-state index in [1.807, 2.05) is 12.1 Å². The van der Waals surface area contributed by atoms with Crippen LogP contribution < -0.4 is 10.5 Å². The van der Waals surface area contributed by atoms with Crippen LogP contribution >= 0.6 is 12.4 Å². The van der Waals surface area contributed by atoms with E-state index in [2.05, 4.69) is 32.9 Å². The molecule has 3 saturated carbocycles. The molecule has 2 heterocycles. The van der Waals surface area contributed by atoms with Crippen molar-refractivity contribution in [1.29, 1.82) is 0 Å². The fraction of sp³-hybridized carbons (Fsp3) is 0.700. The van der Waals surface area contributed by atoms with Gasteiger partial charge in [0.2, 0.25) is 0 Å². The van der Waals surface area contributed by atoms with Crippen LogP contribution in [0.15, 0.2) is 24.3 Å². The maximum absolute atomic E-state index is 6.55. The highest BCUT2D eigenvalue weighted by Gasteiger charge is 2.68. The van der Waals surface area contributed by atoms with Crippen LogP contribution in [0.3, 0.4) is 0 Å². The molecule has 2 N–H and O–H groups in total. The third-order valence-electron chi connectivity index (χ3n) is 7.67. The third kappa shape index (κ3) is 2.47. The summed E-state index contributed by atoms with van der Waals surface area (Å²) in [5, 5.41) is 0. The van der Waals surface area contributed by atoms with Crippen molar-refractivity contribution in [2.45, 2.75) is 63.6 Å². The fourth-order valence-electron chi connectivity index (χ4n) is 5.95. The number of hydrogen-bond donors (Lipinski definition) is 1. The van der Waals surface area contributed by atoms with Gasteiger partial charge in [-0.1, -0.05) is 32.0 Å². The summed E-state index contributed by atoms with van der Waals surface area (Å²) in [5.74, 6) is 2.55. The van der Waals surface area contributed by atoms with E-state index in [0.717, 1.165) is 24.5 Å². The number of fused-ring (bicyclic) bond motifs is 1. The van der Waals surface area contributed by atoms with E-state index < -0.39 is 0 Å². The minimum Gasteiger partial charge on any atom is -0.493 e. The Bertz CT molecular complexity index is 701. The summed E-state index contributed by atoms with van der Waals surface area (Å²) in [6.07, 6.45) is 3.42. The Morgan fingerprint density at radius 3 is 2.77 bits per heavy atom. The first-order chi connectivity index (χ1) is 11.9. The molecule has 142 valence electrons. The zero-order valence-corrected chi connectivity index (χ0v) is 16.6. The molecule has 6 rings (SSSR count). The smallest absolute Gasteiger partial charge is 0.475 e. The Labute approximate surface area is 162 Å². The largest absolute Gasteiger partial charge is 0.493 e. The molecule has 6 heteroatoms. The van der Waals surface area contributed by atoms with Crippen molar-refractivity contribution >= 4 is 19.5 Å². The summed E-state index contributed by atoms with van der Waals surface area (Å²) in [4.78, 5) is 0. The van der Waals surface area contributed by atoms with E-state index in [1.54, 1.807) is 0 Å². The minimum atomic E-state index is -0.294. The highest BCUT2D eigenvalue weighted by Crippen LogP contribution is 2.65. The number of nitrogens with two attached hydrogens (primary N) is 1. The molecule has 26 heavy (non-hydrogen) atoms. The lowest BCUT2D eigenvalue weighted by atomic mass is 9.43. The lowest BCUT2D eigenvalue weighted by Gasteiger charge is -2.64. The lowest BCUT2D eigenvalue weighted by Crippen LogP contribution is -2.65. The van der Waals surface area contributed by atoms with Gasteiger partial charge >= 0.3 is 7.12 Å². The van der Waals surface area contributed by atoms with Gasteiger partial charge in [0.25, 0.3) is 0 Å². The first-order valence-electron chi connectivity index (χ1n) is 9.70. The zero-order chi connectivity index (χ0) is 17.4. The van der Waals surface area contributed by atoms with E-state index in [1.165, 1.54) is 12.0 Å². The van der Waals surface area contributed by atoms with Crippen LogP contribution in [-0.4, -0.2) is 31.4 Å². The van der Waals surface area contributed by atoms with Crippen molar-refractivity contribution < 1.29 is 14.0 Å². The van der Waals surface area contributed by atoms with Gasteiger partial charge in [0.05, 0.1) is 18.3 Å². The molecule has 5 aliphatic rings. The molecule has 4 nitrogen and oxygen atoms in total. The first-order valence-corrected chi connectivity index (χ1v) is 9.70. The zero-order valence-electron chi connectivity index (χ0n) is 15.8. The molecule has 2 bridgehead atoms. The number of rotatable bonds is 3. The normalized spacial score (nSPS) is 39.9. The molecule has 0 amide bonds. The predicted molar refractivity (Wildman–Crippen MR) is 105 cm³/mol. The lowest BCUT2D eigenvalue weighted by molar-refractivity contribution is -0.199. The summed E-state index contributed by atoms with van der Waals surface area (Å²) in [7, 11) is -0.294. The van der Waals surface area contributed by atoms with Gasteiger partial charge in [-0.2, -0.15) is 0 Å². The molecular formula is C20H29BClNO3. The molecule has 6 atom stereocenters. The molecule has 1 unspecified atom stereocenters. The van der Waals surface area contributed by atoms with E-state index in [9.17, 15) is 0 Å². The van der Waals surface area contributed by atoms with Gasteiger partial charge in [0.15, 0.2) is 0 Å². The highest BCUT2D eigenvalue weighted by molar-refractivity contribution is 6.47. The number of benzene rings is 1. The van der Waals surface area contributed by atoms with Gasteiger partial charge in [0, 0.05) is 17.4 Å². The molecule has 4 fully saturated rings. The van der Waals surface area contributed by atoms with Crippen molar-refractivity contribution in [2.24, 2.45) is 23.0 Å². The Balaban J connectivity index is 0.00000168. The van der Waals surface area contributed by atoms with Gasteiger partial charge in [0.1, 0.15) is 5.75 Å². The minimum absolute atomic E-state index is 0. The van der Waals surface area contributed by atoms with E-state index in [-0.39, 0.29) is 37.2 Å². The average molecular weight is 378 g/mol. The second kappa shape index (κ2) is 6.13. The van der Waals surface area contributed by atoms with Gasteiger partial charge < -0.3 is 19.8 Å². The second-order valence-electron chi connectivity index (χ2n) is 9.28. The topological polar surface area (TPSA) is 53.7 Å². The summed E-state index contributed by atoms with van der Waals surface area (Å²) in [6.45, 7) is 7.73. The molecule has 1 saturated heterocycles. The van der Waals surface area contributed by atoms with Crippen LogP contribution in [0.4, 0.5) is 0 Å². The maximum Gasteiger partial charge on any atom is 0.475 e. The summed E-state index contributed by atoms with van der Waals surface area (Å²) >= 11 is 0. The summed E-state index contributed by atoms with van der Waals surface area (Å²) in [5.41, 5.74) is 8.01. The number of para-hydroxylation sites is 1. The molecule has 3 aliphatic carbocycles. The van der Waals surface area contributed by atoms with Gasteiger partial charge in [-0.3, -0.25) is 0 Å². The quantitative estimate of drug-likeness (QED) is 0.818. The Morgan fingerprint density at radius 1 is 1.23 bits per heavy atom.